The van der Waals surface area contributed by atoms with Crippen molar-refractivity contribution in [2.45, 2.75) is 13.0 Å². The standard InChI is InChI=1S/C19H19N3O4/c1-12(13-6-8-20-9-7-13)22-19(23)17-18(26-11-21-17)14-4-5-15(24-2)16(10-14)25-3/h4-12H,1-3H3,(H,22,23)/t12-/m0/s1. The maximum absolute atomic E-state index is 12.7. The van der Waals surface area contributed by atoms with Crippen molar-refractivity contribution >= 4 is 5.91 Å². The van der Waals surface area contributed by atoms with Crippen molar-refractivity contribution in [3.63, 3.8) is 0 Å². The molecule has 1 N–H and O–H groups in total. The average molecular weight is 353 g/mol. The fraction of sp³-hybridized carbons (Fsp3) is 0.211. The van der Waals surface area contributed by atoms with Crippen LogP contribution >= 0.6 is 0 Å². The first kappa shape index (κ1) is 17.5. The summed E-state index contributed by atoms with van der Waals surface area (Å²) in [7, 11) is 3.11. The highest BCUT2D eigenvalue weighted by Crippen LogP contribution is 2.33. The van der Waals surface area contributed by atoms with Crippen LogP contribution in [0.4, 0.5) is 0 Å². The van der Waals surface area contributed by atoms with E-state index in [1.165, 1.54) is 6.39 Å². The zero-order chi connectivity index (χ0) is 18.5. The third-order valence-corrected chi connectivity index (χ3v) is 3.98. The summed E-state index contributed by atoms with van der Waals surface area (Å²) in [5, 5.41) is 2.91. The van der Waals surface area contributed by atoms with E-state index in [0.29, 0.717) is 22.8 Å². The second-order valence-electron chi connectivity index (χ2n) is 5.58. The second-order valence-corrected chi connectivity index (χ2v) is 5.58. The molecule has 0 saturated heterocycles. The minimum Gasteiger partial charge on any atom is -0.493 e. The van der Waals surface area contributed by atoms with Crippen molar-refractivity contribution in [3.05, 3.63) is 60.4 Å². The maximum atomic E-state index is 12.7. The molecule has 1 atom stereocenters. The molecule has 0 spiro atoms. The Labute approximate surface area is 151 Å². The maximum Gasteiger partial charge on any atom is 0.274 e. The first-order chi connectivity index (χ1) is 12.6. The van der Waals surface area contributed by atoms with Crippen molar-refractivity contribution in [1.29, 1.82) is 0 Å². The molecule has 2 aromatic heterocycles. The number of hydrogen-bond donors (Lipinski definition) is 1. The van der Waals surface area contributed by atoms with Crippen LogP contribution in [0.15, 0.2) is 53.5 Å². The van der Waals surface area contributed by atoms with Gasteiger partial charge in [-0.1, -0.05) is 0 Å². The molecule has 0 saturated carbocycles. The topological polar surface area (TPSA) is 86.5 Å². The Hall–Kier alpha value is -3.35. The van der Waals surface area contributed by atoms with E-state index in [2.05, 4.69) is 15.3 Å². The van der Waals surface area contributed by atoms with Crippen molar-refractivity contribution in [1.82, 2.24) is 15.3 Å². The third kappa shape index (κ3) is 3.51. The number of methoxy groups -OCH3 is 2. The molecule has 26 heavy (non-hydrogen) atoms. The molecule has 134 valence electrons. The zero-order valence-electron chi connectivity index (χ0n) is 14.7. The summed E-state index contributed by atoms with van der Waals surface area (Å²) in [4.78, 5) is 20.7. The minimum atomic E-state index is -0.326. The van der Waals surface area contributed by atoms with Gasteiger partial charge in [0, 0.05) is 18.0 Å². The number of carbonyl (C=O) groups is 1. The summed E-state index contributed by atoms with van der Waals surface area (Å²) in [6, 6.07) is 8.78. The number of pyridine rings is 1. The Bertz CT molecular complexity index is 893. The molecule has 0 aliphatic heterocycles. The lowest BCUT2D eigenvalue weighted by atomic mass is 10.1. The Morgan fingerprint density at radius 2 is 1.85 bits per heavy atom. The van der Waals surface area contributed by atoms with E-state index in [-0.39, 0.29) is 17.6 Å². The monoisotopic (exact) mass is 353 g/mol. The van der Waals surface area contributed by atoms with Crippen molar-refractivity contribution in [3.8, 4) is 22.8 Å². The molecular formula is C19H19N3O4. The second kappa shape index (κ2) is 7.69. The van der Waals surface area contributed by atoms with Crippen LogP contribution in [0.1, 0.15) is 29.0 Å². The molecule has 7 nitrogen and oxygen atoms in total. The van der Waals surface area contributed by atoms with Gasteiger partial charge >= 0.3 is 0 Å². The van der Waals surface area contributed by atoms with E-state index in [1.54, 1.807) is 44.8 Å². The van der Waals surface area contributed by atoms with Gasteiger partial charge < -0.3 is 19.2 Å². The Kier molecular flexibility index (Phi) is 5.17. The fourth-order valence-corrected chi connectivity index (χ4v) is 2.59. The lowest BCUT2D eigenvalue weighted by Crippen LogP contribution is -2.27. The number of oxazole rings is 1. The number of nitrogens with zero attached hydrogens (tertiary/aromatic N) is 2. The van der Waals surface area contributed by atoms with Gasteiger partial charge in [0.05, 0.1) is 20.3 Å². The van der Waals surface area contributed by atoms with Gasteiger partial charge in [-0.05, 0) is 42.8 Å². The number of amides is 1. The number of aromatic nitrogens is 2. The van der Waals surface area contributed by atoms with Gasteiger partial charge in [-0.15, -0.1) is 0 Å². The molecule has 0 unspecified atom stereocenters. The summed E-state index contributed by atoms with van der Waals surface area (Å²) >= 11 is 0. The van der Waals surface area contributed by atoms with Gasteiger partial charge in [-0.2, -0.15) is 0 Å². The molecule has 0 aliphatic rings. The molecule has 3 aromatic rings. The van der Waals surface area contributed by atoms with E-state index in [4.69, 9.17) is 13.9 Å². The quantitative estimate of drug-likeness (QED) is 0.732. The highest BCUT2D eigenvalue weighted by atomic mass is 16.5. The third-order valence-electron chi connectivity index (χ3n) is 3.98. The molecule has 1 aromatic carbocycles. The number of benzene rings is 1. The number of nitrogens with one attached hydrogen (secondary N) is 1. The normalized spacial score (nSPS) is 11.7. The van der Waals surface area contributed by atoms with Gasteiger partial charge in [0.15, 0.2) is 29.3 Å². The Morgan fingerprint density at radius 1 is 1.12 bits per heavy atom. The molecule has 0 bridgehead atoms. The summed E-state index contributed by atoms with van der Waals surface area (Å²) in [6.07, 6.45) is 4.62. The molecule has 0 fully saturated rings. The highest BCUT2D eigenvalue weighted by Gasteiger charge is 2.21. The van der Waals surface area contributed by atoms with Crippen LogP contribution in [0, 0.1) is 0 Å². The predicted molar refractivity (Wildman–Crippen MR) is 95.2 cm³/mol. The van der Waals surface area contributed by atoms with Gasteiger partial charge in [-0.3, -0.25) is 9.78 Å². The molecule has 7 heteroatoms. The predicted octanol–water partition coefficient (Wildman–Crippen LogP) is 3.24. The minimum absolute atomic E-state index is 0.194. The van der Waals surface area contributed by atoms with Gasteiger partial charge in [0.2, 0.25) is 0 Å². The van der Waals surface area contributed by atoms with Crippen molar-refractivity contribution < 1.29 is 18.7 Å². The lowest BCUT2D eigenvalue weighted by Gasteiger charge is -2.13. The van der Waals surface area contributed by atoms with Crippen LogP contribution in [0.2, 0.25) is 0 Å². The number of hydrogen-bond acceptors (Lipinski definition) is 6. The zero-order valence-corrected chi connectivity index (χ0v) is 14.7. The molecular weight excluding hydrogens is 334 g/mol. The van der Waals surface area contributed by atoms with Crippen LogP contribution in [-0.2, 0) is 0 Å². The van der Waals surface area contributed by atoms with Crippen molar-refractivity contribution in [2.24, 2.45) is 0 Å². The first-order valence-corrected chi connectivity index (χ1v) is 8.00. The van der Waals surface area contributed by atoms with Crippen LogP contribution in [0.5, 0.6) is 11.5 Å². The summed E-state index contributed by atoms with van der Waals surface area (Å²) in [5.41, 5.74) is 1.82. The van der Waals surface area contributed by atoms with Gasteiger partial charge in [0.25, 0.3) is 5.91 Å². The van der Waals surface area contributed by atoms with E-state index in [1.807, 2.05) is 19.1 Å². The highest BCUT2D eigenvalue weighted by molar-refractivity contribution is 5.97. The fourth-order valence-electron chi connectivity index (χ4n) is 2.59. The molecule has 2 heterocycles. The molecule has 3 rings (SSSR count). The van der Waals surface area contributed by atoms with E-state index in [9.17, 15) is 4.79 Å². The smallest absolute Gasteiger partial charge is 0.274 e. The summed E-state index contributed by atoms with van der Waals surface area (Å²) < 4.78 is 16.0. The van der Waals surface area contributed by atoms with Crippen LogP contribution < -0.4 is 14.8 Å². The van der Waals surface area contributed by atoms with E-state index < -0.39 is 0 Å². The van der Waals surface area contributed by atoms with E-state index in [0.717, 1.165) is 5.56 Å². The SMILES string of the molecule is COc1ccc(-c2ocnc2C(=O)N[C@@H](C)c2ccncc2)cc1OC. The van der Waals surface area contributed by atoms with Crippen LogP contribution in [0.25, 0.3) is 11.3 Å². The van der Waals surface area contributed by atoms with Gasteiger partial charge in [-0.25, -0.2) is 4.98 Å². The largest absolute Gasteiger partial charge is 0.493 e. The molecule has 0 radical (unpaired) electrons. The molecule has 0 aliphatic carbocycles. The van der Waals surface area contributed by atoms with Crippen LogP contribution in [-0.4, -0.2) is 30.1 Å². The Balaban J connectivity index is 1.85. The number of ether oxygens (including phenoxy) is 2. The number of rotatable bonds is 6. The Morgan fingerprint density at radius 3 is 2.54 bits per heavy atom. The average Bonchev–Trinajstić information content (AvgIpc) is 3.18. The summed E-state index contributed by atoms with van der Waals surface area (Å²) in [6.45, 7) is 1.89. The lowest BCUT2D eigenvalue weighted by molar-refractivity contribution is 0.0935. The first-order valence-electron chi connectivity index (χ1n) is 8.00. The van der Waals surface area contributed by atoms with E-state index >= 15 is 0 Å². The van der Waals surface area contributed by atoms with Crippen molar-refractivity contribution in [2.75, 3.05) is 14.2 Å². The summed E-state index contributed by atoms with van der Waals surface area (Å²) in [5.74, 6) is 1.17. The van der Waals surface area contributed by atoms with Crippen LogP contribution in [0.3, 0.4) is 0 Å². The van der Waals surface area contributed by atoms with Gasteiger partial charge in [0.1, 0.15) is 0 Å². The molecule has 1 amide bonds. The number of carbonyl (C=O) groups excluding carboxylic acids is 1.